The second-order valence-electron chi connectivity index (χ2n) is 6.85. The maximum atomic E-state index is 13.6. The molecule has 2 rings (SSSR count). The van der Waals surface area contributed by atoms with Crippen LogP contribution in [0.4, 0.5) is 20.0 Å². The number of hydrogen-bond acceptors (Lipinski definition) is 8. The Kier molecular flexibility index (Phi) is 7.66. The van der Waals surface area contributed by atoms with Gasteiger partial charge in [-0.2, -0.15) is 5.10 Å². The molecule has 2 aromatic rings. The number of halogens is 1. The van der Waals surface area contributed by atoms with E-state index in [1.165, 1.54) is 35.8 Å². The van der Waals surface area contributed by atoms with Crippen molar-refractivity contribution in [3.63, 3.8) is 0 Å². The zero-order valence-electron chi connectivity index (χ0n) is 16.6. The summed E-state index contributed by atoms with van der Waals surface area (Å²) >= 11 is 1.26. The minimum Gasteiger partial charge on any atom is -0.466 e. The van der Waals surface area contributed by atoms with Gasteiger partial charge in [-0.05, 0) is 45.9 Å². The number of hydrazone groups is 1. The summed E-state index contributed by atoms with van der Waals surface area (Å²) in [6, 6.07) is 3.87. The molecule has 0 spiro atoms. The van der Waals surface area contributed by atoms with Crippen molar-refractivity contribution in [2.45, 2.75) is 39.7 Å². The van der Waals surface area contributed by atoms with Gasteiger partial charge >= 0.3 is 12.1 Å². The summed E-state index contributed by atoms with van der Waals surface area (Å²) in [6.07, 6.45) is 0.765. The van der Waals surface area contributed by atoms with Crippen molar-refractivity contribution in [3.8, 4) is 0 Å². The normalized spacial score (nSPS) is 11.3. The Hall–Kier alpha value is -3.01. The summed E-state index contributed by atoms with van der Waals surface area (Å²) in [5.41, 5.74) is 3.29. The number of hydrogen-bond donors (Lipinski definition) is 2. The van der Waals surface area contributed by atoms with Gasteiger partial charge in [0.2, 0.25) is 5.13 Å². The smallest absolute Gasteiger partial charge is 0.412 e. The van der Waals surface area contributed by atoms with Gasteiger partial charge in [-0.15, -0.1) is 11.3 Å². The molecule has 0 unspecified atom stereocenters. The molecule has 1 heterocycles. The number of benzene rings is 1. The second kappa shape index (κ2) is 9.97. The van der Waals surface area contributed by atoms with Gasteiger partial charge in [-0.1, -0.05) is 0 Å². The molecule has 1 aromatic carbocycles. The Labute approximate surface area is 172 Å². The van der Waals surface area contributed by atoms with Crippen molar-refractivity contribution in [2.24, 2.45) is 5.10 Å². The van der Waals surface area contributed by atoms with Crippen LogP contribution in [0.5, 0.6) is 0 Å². The first kappa shape index (κ1) is 22.3. The Morgan fingerprint density at radius 3 is 2.79 bits per heavy atom. The Bertz CT molecular complexity index is 893. The third kappa shape index (κ3) is 7.86. The summed E-state index contributed by atoms with van der Waals surface area (Å²) in [4.78, 5) is 27.7. The van der Waals surface area contributed by atoms with Crippen LogP contribution in [-0.2, 0) is 20.7 Å². The molecule has 0 fully saturated rings. The molecule has 1 aromatic heterocycles. The highest BCUT2D eigenvalue weighted by Gasteiger charge is 2.17. The highest BCUT2D eigenvalue weighted by Crippen LogP contribution is 2.19. The number of carbonyl (C=O) groups excluding carboxylic acids is 2. The third-order valence-electron chi connectivity index (χ3n) is 3.20. The molecule has 2 N–H and O–H groups in total. The number of esters is 1. The molecule has 0 aliphatic heterocycles. The lowest BCUT2D eigenvalue weighted by Gasteiger charge is -2.20. The van der Waals surface area contributed by atoms with Crippen LogP contribution in [-0.4, -0.2) is 35.5 Å². The molecule has 0 bridgehead atoms. The number of anilines is 2. The van der Waals surface area contributed by atoms with E-state index in [1.807, 2.05) is 0 Å². The molecule has 0 radical (unpaired) electrons. The molecular weight excluding hydrogens is 399 g/mol. The second-order valence-corrected chi connectivity index (χ2v) is 7.71. The SMILES string of the molecule is CCOC(=O)Cc1csc(NN=Cc2cc(F)ccc2NC(=O)OC(C)(C)C)n1. The van der Waals surface area contributed by atoms with Crippen molar-refractivity contribution < 1.29 is 23.5 Å². The lowest BCUT2D eigenvalue weighted by molar-refractivity contribution is -0.142. The van der Waals surface area contributed by atoms with E-state index >= 15 is 0 Å². The van der Waals surface area contributed by atoms with Crippen LogP contribution in [0, 0.1) is 5.82 Å². The van der Waals surface area contributed by atoms with Gasteiger partial charge in [-0.3, -0.25) is 15.5 Å². The number of nitrogens with zero attached hydrogens (tertiary/aromatic N) is 2. The van der Waals surface area contributed by atoms with Crippen LogP contribution in [0.25, 0.3) is 0 Å². The van der Waals surface area contributed by atoms with E-state index in [4.69, 9.17) is 9.47 Å². The Morgan fingerprint density at radius 1 is 1.34 bits per heavy atom. The van der Waals surface area contributed by atoms with E-state index < -0.39 is 17.5 Å². The van der Waals surface area contributed by atoms with E-state index in [9.17, 15) is 14.0 Å². The van der Waals surface area contributed by atoms with Crippen LogP contribution >= 0.6 is 11.3 Å². The largest absolute Gasteiger partial charge is 0.466 e. The van der Waals surface area contributed by atoms with Crippen LogP contribution in [0.3, 0.4) is 0 Å². The average molecular weight is 422 g/mol. The van der Waals surface area contributed by atoms with E-state index in [1.54, 1.807) is 33.1 Å². The third-order valence-corrected chi connectivity index (χ3v) is 3.99. The number of aromatic nitrogens is 1. The van der Waals surface area contributed by atoms with Crippen LogP contribution < -0.4 is 10.7 Å². The maximum absolute atomic E-state index is 13.6. The highest BCUT2D eigenvalue weighted by molar-refractivity contribution is 7.13. The van der Waals surface area contributed by atoms with Gasteiger partial charge in [0.1, 0.15) is 11.4 Å². The average Bonchev–Trinajstić information content (AvgIpc) is 3.03. The lowest BCUT2D eigenvalue weighted by atomic mass is 10.2. The molecule has 8 nitrogen and oxygen atoms in total. The molecule has 0 aliphatic rings. The standard InChI is InChI=1S/C19H23FN4O4S/c1-5-27-16(25)9-14-11-29-17(22-14)24-21-10-12-8-13(20)6-7-15(12)23-18(26)28-19(2,3)4/h6-8,10-11H,5,9H2,1-4H3,(H,22,24)(H,23,26). The molecule has 0 aliphatic carbocycles. The molecule has 0 atom stereocenters. The van der Waals surface area contributed by atoms with Crippen molar-refractivity contribution in [1.82, 2.24) is 4.98 Å². The van der Waals surface area contributed by atoms with Crippen molar-refractivity contribution in [1.29, 1.82) is 0 Å². The highest BCUT2D eigenvalue weighted by atomic mass is 32.1. The number of amides is 1. The summed E-state index contributed by atoms with van der Waals surface area (Å²) in [5.74, 6) is -0.836. The predicted molar refractivity (Wildman–Crippen MR) is 110 cm³/mol. The van der Waals surface area contributed by atoms with E-state index in [2.05, 4.69) is 20.8 Å². The summed E-state index contributed by atoms with van der Waals surface area (Å²) < 4.78 is 23.7. The number of nitrogens with one attached hydrogen (secondary N) is 2. The molecule has 0 saturated heterocycles. The first-order valence-corrected chi connectivity index (χ1v) is 9.73. The van der Waals surface area contributed by atoms with Crippen molar-refractivity contribution in [3.05, 3.63) is 40.7 Å². The van der Waals surface area contributed by atoms with Gasteiger partial charge < -0.3 is 9.47 Å². The quantitative estimate of drug-likeness (QED) is 0.394. The maximum Gasteiger partial charge on any atom is 0.412 e. The zero-order chi connectivity index (χ0) is 21.4. The fraction of sp³-hybridized carbons (Fsp3) is 0.368. The Morgan fingerprint density at radius 2 is 2.10 bits per heavy atom. The molecule has 156 valence electrons. The van der Waals surface area contributed by atoms with Gasteiger partial charge in [0.15, 0.2) is 0 Å². The van der Waals surface area contributed by atoms with Crippen LogP contribution in [0.1, 0.15) is 39.0 Å². The number of ether oxygens (including phenoxy) is 2. The first-order valence-electron chi connectivity index (χ1n) is 8.85. The zero-order valence-corrected chi connectivity index (χ0v) is 17.4. The van der Waals surface area contributed by atoms with Gasteiger partial charge in [0.25, 0.3) is 0 Å². The number of rotatable bonds is 7. The fourth-order valence-corrected chi connectivity index (χ4v) is 2.78. The van der Waals surface area contributed by atoms with E-state index in [-0.39, 0.29) is 12.4 Å². The van der Waals surface area contributed by atoms with E-state index in [0.717, 1.165) is 0 Å². The molecular formula is C19H23FN4O4S. The minimum atomic E-state index is -0.661. The molecule has 10 heteroatoms. The van der Waals surface area contributed by atoms with Gasteiger partial charge in [0.05, 0.1) is 30.6 Å². The minimum absolute atomic E-state index is 0.0730. The van der Waals surface area contributed by atoms with Crippen LogP contribution in [0.2, 0.25) is 0 Å². The summed E-state index contributed by atoms with van der Waals surface area (Å²) in [7, 11) is 0. The summed E-state index contributed by atoms with van der Waals surface area (Å²) in [6.45, 7) is 7.28. The molecule has 1 amide bonds. The van der Waals surface area contributed by atoms with Crippen molar-refractivity contribution >= 4 is 40.4 Å². The Balaban J connectivity index is 2.03. The van der Waals surface area contributed by atoms with Gasteiger partial charge in [-0.25, -0.2) is 14.2 Å². The van der Waals surface area contributed by atoms with E-state index in [0.29, 0.717) is 28.7 Å². The number of thiazole rings is 1. The van der Waals surface area contributed by atoms with Crippen molar-refractivity contribution in [2.75, 3.05) is 17.3 Å². The fourth-order valence-electron chi connectivity index (χ4n) is 2.12. The molecule has 0 saturated carbocycles. The monoisotopic (exact) mass is 422 g/mol. The predicted octanol–water partition coefficient (Wildman–Crippen LogP) is 4.18. The summed E-state index contributed by atoms with van der Waals surface area (Å²) in [5, 5.41) is 8.76. The molecule has 29 heavy (non-hydrogen) atoms. The topological polar surface area (TPSA) is 102 Å². The van der Waals surface area contributed by atoms with Crippen LogP contribution in [0.15, 0.2) is 28.7 Å². The van der Waals surface area contributed by atoms with Gasteiger partial charge in [0, 0.05) is 10.9 Å². The first-order chi connectivity index (χ1) is 13.7. The lowest BCUT2D eigenvalue weighted by Crippen LogP contribution is -2.27. The number of carbonyl (C=O) groups is 2.